The Kier molecular flexibility index (Phi) is 7.66. The lowest BCUT2D eigenvalue weighted by atomic mass is 10.1. The average molecular weight is 511 g/mol. The molecule has 2 aromatic rings. The summed E-state index contributed by atoms with van der Waals surface area (Å²) in [5.74, 6) is 0.0788. The van der Waals surface area contributed by atoms with E-state index in [0.29, 0.717) is 38.0 Å². The van der Waals surface area contributed by atoms with Crippen molar-refractivity contribution in [3.63, 3.8) is 0 Å². The quantitative estimate of drug-likeness (QED) is 0.342. The van der Waals surface area contributed by atoms with Crippen molar-refractivity contribution in [1.82, 2.24) is 20.4 Å². The summed E-state index contributed by atoms with van der Waals surface area (Å²) in [6, 6.07) is 4.40. The number of thioether (sulfide) groups is 1. The summed E-state index contributed by atoms with van der Waals surface area (Å²) in [7, 11) is 0. The molecule has 2 heterocycles. The van der Waals surface area contributed by atoms with Gasteiger partial charge in [0, 0.05) is 43.9 Å². The number of nitro groups is 1. The lowest BCUT2D eigenvalue weighted by Crippen LogP contribution is -2.48. The van der Waals surface area contributed by atoms with Gasteiger partial charge in [0.05, 0.1) is 10.7 Å². The Morgan fingerprint density at radius 1 is 1.21 bits per heavy atom. The van der Waals surface area contributed by atoms with Gasteiger partial charge in [-0.05, 0) is 25.0 Å². The molecule has 1 saturated heterocycles. The molecule has 1 N–H and O–H groups in total. The van der Waals surface area contributed by atoms with Gasteiger partial charge in [0.15, 0.2) is 4.34 Å². The highest BCUT2D eigenvalue weighted by atomic mass is 35.5. The van der Waals surface area contributed by atoms with Crippen LogP contribution in [0.3, 0.4) is 0 Å². The van der Waals surface area contributed by atoms with Gasteiger partial charge in [-0.2, -0.15) is 0 Å². The Morgan fingerprint density at radius 3 is 2.64 bits per heavy atom. The van der Waals surface area contributed by atoms with Gasteiger partial charge in [-0.3, -0.25) is 19.7 Å². The molecule has 2 fully saturated rings. The van der Waals surface area contributed by atoms with Crippen molar-refractivity contribution in [2.24, 2.45) is 0 Å². The highest BCUT2D eigenvalue weighted by Gasteiger charge is 2.26. The second kappa shape index (κ2) is 10.7. The number of carbonyl (C=O) groups excluding carboxylic acids is 2. The zero-order chi connectivity index (χ0) is 23.4. The first-order chi connectivity index (χ1) is 15.9. The number of hydrogen-bond acceptors (Lipinski definition) is 9. The van der Waals surface area contributed by atoms with Crippen LogP contribution in [0.5, 0.6) is 0 Å². The van der Waals surface area contributed by atoms with Crippen molar-refractivity contribution in [2.45, 2.75) is 36.1 Å². The summed E-state index contributed by atoms with van der Waals surface area (Å²) in [6.07, 6.45) is 4.47. The molecule has 4 rings (SSSR count). The summed E-state index contributed by atoms with van der Waals surface area (Å²) in [6.45, 7) is 2.06. The van der Waals surface area contributed by atoms with Crippen molar-refractivity contribution >= 4 is 57.3 Å². The Morgan fingerprint density at radius 2 is 1.94 bits per heavy atom. The maximum atomic E-state index is 12.8. The Bertz CT molecular complexity index is 1040. The van der Waals surface area contributed by atoms with Crippen molar-refractivity contribution in [1.29, 1.82) is 0 Å². The number of piperazine rings is 1. The van der Waals surface area contributed by atoms with Crippen molar-refractivity contribution in [3.8, 4) is 0 Å². The van der Waals surface area contributed by atoms with Crippen LogP contribution in [0.1, 0.15) is 36.0 Å². The number of halogens is 1. The minimum Gasteiger partial charge on any atom is -0.353 e. The standard InChI is InChI=1S/C20H23ClN6O4S2/c21-15-6-5-13(11-16(15)27(30)31)18(29)25-7-9-26(10-8-25)19-23-24-20(33-19)32-12-17(28)22-14-3-1-2-4-14/h5-6,11,14H,1-4,7-10,12H2,(H,22,28). The maximum Gasteiger partial charge on any atom is 0.288 e. The van der Waals surface area contributed by atoms with Gasteiger partial charge < -0.3 is 15.1 Å². The Labute approximate surface area is 203 Å². The third-order valence-corrected chi connectivity index (χ3v) is 8.11. The van der Waals surface area contributed by atoms with Crippen molar-refractivity contribution in [2.75, 3.05) is 36.8 Å². The molecule has 2 aliphatic rings. The van der Waals surface area contributed by atoms with Gasteiger partial charge in [0.25, 0.3) is 11.6 Å². The summed E-state index contributed by atoms with van der Waals surface area (Å²) < 4.78 is 0.735. The van der Waals surface area contributed by atoms with Crippen LogP contribution < -0.4 is 10.2 Å². The number of hydrogen-bond donors (Lipinski definition) is 1. The third-order valence-electron chi connectivity index (χ3n) is 5.67. The van der Waals surface area contributed by atoms with Gasteiger partial charge in [-0.15, -0.1) is 10.2 Å². The average Bonchev–Trinajstić information content (AvgIpc) is 3.50. The van der Waals surface area contributed by atoms with Crippen LogP contribution in [0.4, 0.5) is 10.8 Å². The second-order valence-corrected chi connectivity index (χ2v) is 10.5. The molecule has 0 radical (unpaired) electrons. The predicted octanol–water partition coefficient (Wildman–Crippen LogP) is 3.21. The fourth-order valence-electron chi connectivity index (χ4n) is 3.92. The highest BCUT2D eigenvalue weighted by Crippen LogP contribution is 2.29. The largest absolute Gasteiger partial charge is 0.353 e. The number of aromatic nitrogens is 2. The van der Waals surface area contributed by atoms with Crippen LogP contribution in [0.2, 0.25) is 5.02 Å². The van der Waals surface area contributed by atoms with Crippen molar-refractivity contribution in [3.05, 3.63) is 38.9 Å². The minimum atomic E-state index is -0.597. The fourth-order valence-corrected chi connectivity index (χ4v) is 5.81. The van der Waals surface area contributed by atoms with Gasteiger partial charge in [-0.1, -0.05) is 47.5 Å². The van der Waals surface area contributed by atoms with Crippen LogP contribution in [-0.4, -0.2) is 69.8 Å². The number of anilines is 1. The number of benzene rings is 1. The SMILES string of the molecule is O=C(CSc1nnc(N2CCN(C(=O)c3ccc(Cl)c([N+](=O)[O-])c3)CC2)s1)NC1CCCC1. The normalized spacial score (nSPS) is 16.8. The van der Waals surface area contributed by atoms with E-state index in [1.54, 1.807) is 4.90 Å². The first-order valence-electron chi connectivity index (χ1n) is 10.6. The molecule has 176 valence electrons. The fraction of sp³-hybridized carbons (Fsp3) is 0.500. The molecule has 1 aliphatic heterocycles. The van der Waals surface area contributed by atoms with Crippen LogP contribution in [0.25, 0.3) is 0 Å². The summed E-state index contributed by atoms with van der Waals surface area (Å²) in [5.41, 5.74) is -0.0398. The molecule has 2 amide bonds. The molecule has 10 nitrogen and oxygen atoms in total. The summed E-state index contributed by atoms with van der Waals surface area (Å²) in [4.78, 5) is 39.1. The molecule has 13 heteroatoms. The van der Waals surface area contributed by atoms with Gasteiger partial charge in [0.2, 0.25) is 11.0 Å². The number of nitrogens with zero attached hydrogens (tertiary/aromatic N) is 5. The first kappa shape index (κ1) is 23.7. The molecule has 0 unspecified atom stereocenters. The summed E-state index contributed by atoms with van der Waals surface area (Å²) in [5, 5.41) is 23.3. The molecule has 0 atom stereocenters. The maximum absolute atomic E-state index is 12.8. The van der Waals surface area contributed by atoms with Crippen molar-refractivity contribution < 1.29 is 14.5 Å². The van der Waals surface area contributed by atoms with E-state index in [9.17, 15) is 19.7 Å². The molecule has 1 aliphatic carbocycles. The van der Waals surface area contributed by atoms with E-state index >= 15 is 0 Å². The molecule has 1 aromatic carbocycles. The number of carbonyl (C=O) groups is 2. The number of nitrogens with one attached hydrogen (secondary N) is 1. The molecule has 1 aromatic heterocycles. The topological polar surface area (TPSA) is 122 Å². The lowest BCUT2D eigenvalue weighted by molar-refractivity contribution is -0.384. The van der Waals surface area contributed by atoms with Crippen LogP contribution >= 0.6 is 34.7 Å². The van der Waals surface area contributed by atoms with E-state index in [-0.39, 0.29) is 28.1 Å². The molecular weight excluding hydrogens is 488 g/mol. The Hall–Kier alpha value is -2.44. The third kappa shape index (κ3) is 5.92. The minimum absolute atomic E-state index is 0.00216. The van der Waals surface area contributed by atoms with E-state index in [1.807, 2.05) is 0 Å². The predicted molar refractivity (Wildman–Crippen MR) is 127 cm³/mol. The van der Waals surface area contributed by atoms with E-state index in [1.165, 1.54) is 54.1 Å². The number of amides is 2. The number of rotatable bonds is 7. The van der Waals surface area contributed by atoms with Gasteiger partial charge >= 0.3 is 0 Å². The molecule has 33 heavy (non-hydrogen) atoms. The molecule has 1 saturated carbocycles. The first-order valence-corrected chi connectivity index (χ1v) is 12.8. The molecule has 0 bridgehead atoms. The van der Waals surface area contributed by atoms with Gasteiger partial charge in [-0.25, -0.2) is 0 Å². The zero-order valence-corrected chi connectivity index (χ0v) is 20.1. The summed E-state index contributed by atoms with van der Waals surface area (Å²) >= 11 is 8.65. The van der Waals surface area contributed by atoms with E-state index < -0.39 is 4.92 Å². The monoisotopic (exact) mass is 510 g/mol. The highest BCUT2D eigenvalue weighted by molar-refractivity contribution is 8.01. The molecular formula is C20H23ClN6O4S2. The van der Waals surface area contributed by atoms with E-state index in [2.05, 4.69) is 20.4 Å². The lowest BCUT2D eigenvalue weighted by Gasteiger charge is -2.34. The molecule has 0 spiro atoms. The second-order valence-electron chi connectivity index (χ2n) is 7.89. The smallest absolute Gasteiger partial charge is 0.288 e. The van der Waals surface area contributed by atoms with Crippen LogP contribution in [0.15, 0.2) is 22.5 Å². The van der Waals surface area contributed by atoms with E-state index in [0.717, 1.165) is 22.3 Å². The van der Waals surface area contributed by atoms with E-state index in [4.69, 9.17) is 11.6 Å². The van der Waals surface area contributed by atoms with Crippen LogP contribution in [0, 0.1) is 10.1 Å². The van der Waals surface area contributed by atoms with Gasteiger partial charge in [0.1, 0.15) is 5.02 Å². The zero-order valence-electron chi connectivity index (χ0n) is 17.7. The van der Waals surface area contributed by atoms with Crippen LogP contribution in [-0.2, 0) is 4.79 Å². The number of nitro benzene ring substituents is 1. The Balaban J connectivity index is 1.27.